The van der Waals surface area contributed by atoms with Crippen LogP contribution in [0.2, 0.25) is 5.02 Å². The molecule has 1 aromatic carbocycles. The Balaban J connectivity index is 2.15. The van der Waals surface area contributed by atoms with Crippen LogP contribution in [0.1, 0.15) is 19.3 Å². The maximum Gasteiger partial charge on any atom is 0.294 e. The zero-order chi connectivity index (χ0) is 18.8. The number of unbranched alkanes of at least 4 members (excludes halogenated alkanes) is 1. The van der Waals surface area contributed by atoms with Crippen LogP contribution in [0.25, 0.3) is 0 Å². The predicted molar refractivity (Wildman–Crippen MR) is 87.4 cm³/mol. The molecule has 4 N–H and O–H groups in total. The highest BCUT2D eigenvalue weighted by atomic mass is 35.5. The van der Waals surface area contributed by atoms with Crippen molar-refractivity contribution in [2.75, 3.05) is 11.9 Å². The lowest BCUT2D eigenvalue weighted by Crippen LogP contribution is -2.44. The summed E-state index contributed by atoms with van der Waals surface area (Å²) in [7, 11) is -8.16. The number of hydrogen-bond acceptors (Lipinski definition) is 8. The van der Waals surface area contributed by atoms with Gasteiger partial charge in [-0.25, -0.2) is 22.0 Å². The maximum atomic E-state index is 12.3. The highest BCUT2D eigenvalue weighted by Crippen LogP contribution is 2.34. The van der Waals surface area contributed by atoms with Crippen LogP contribution in [0.5, 0.6) is 0 Å². The predicted octanol–water partition coefficient (Wildman–Crippen LogP) is 0.396. The number of nitrogens with zero attached hydrogens (tertiary/aromatic N) is 1. The van der Waals surface area contributed by atoms with Gasteiger partial charge in [-0.3, -0.25) is 0 Å². The van der Waals surface area contributed by atoms with Crippen molar-refractivity contribution >= 4 is 37.3 Å². The molecule has 0 aliphatic carbocycles. The van der Waals surface area contributed by atoms with Crippen LogP contribution in [0.15, 0.2) is 21.9 Å². The first-order valence-electron chi connectivity index (χ1n) is 6.93. The molecule has 0 saturated carbocycles. The van der Waals surface area contributed by atoms with Gasteiger partial charge in [0.2, 0.25) is 20.0 Å². The molecule has 0 spiro atoms. The van der Waals surface area contributed by atoms with Crippen molar-refractivity contribution in [1.29, 1.82) is 0 Å². The van der Waals surface area contributed by atoms with E-state index in [9.17, 15) is 26.9 Å². The van der Waals surface area contributed by atoms with E-state index in [0.29, 0.717) is 19.3 Å². The summed E-state index contributed by atoms with van der Waals surface area (Å²) >= 11 is 5.87. The summed E-state index contributed by atoms with van der Waals surface area (Å²) in [5.41, 5.74) is 0.141. The largest absolute Gasteiger partial charge is 0.368 e. The van der Waals surface area contributed by atoms with Crippen LogP contribution in [-0.2, 0) is 24.9 Å². The van der Waals surface area contributed by atoms with Gasteiger partial charge in [-0.15, -0.1) is 10.1 Å². The van der Waals surface area contributed by atoms with Crippen LogP contribution in [-0.4, -0.2) is 34.7 Å². The van der Waals surface area contributed by atoms with Crippen molar-refractivity contribution in [3.63, 3.8) is 0 Å². The molecule has 0 amide bonds. The normalized spacial score (nSPS) is 18.9. The molecule has 2 rings (SSSR count). The Bertz CT molecular complexity index is 888. The van der Waals surface area contributed by atoms with E-state index in [4.69, 9.17) is 16.7 Å². The van der Waals surface area contributed by atoms with E-state index < -0.39 is 36.2 Å². The van der Waals surface area contributed by atoms with Crippen LogP contribution < -0.4 is 15.2 Å². The van der Waals surface area contributed by atoms with Crippen molar-refractivity contribution < 1.29 is 26.8 Å². The molecule has 14 heteroatoms. The second-order valence-electron chi connectivity index (χ2n) is 5.19. The number of nitrogens with one attached hydrogen (secondary N) is 2. The summed E-state index contributed by atoms with van der Waals surface area (Å²) in [6, 6.07) is 2.07. The first kappa shape index (κ1) is 19.7. The summed E-state index contributed by atoms with van der Waals surface area (Å²) in [5, 5.41) is 16.8. The van der Waals surface area contributed by atoms with Gasteiger partial charge in [-0.2, -0.15) is 4.72 Å². The average molecular weight is 415 g/mol. The van der Waals surface area contributed by atoms with Crippen LogP contribution in [0.3, 0.4) is 0 Å². The van der Waals surface area contributed by atoms with E-state index in [1.165, 1.54) is 6.07 Å². The Kier molecular flexibility index (Phi) is 5.73. The number of fused-ring (bicyclic) bond motifs is 1. The second kappa shape index (κ2) is 7.29. The monoisotopic (exact) mass is 414 g/mol. The molecule has 1 aliphatic heterocycles. The minimum atomic E-state index is -4.18. The van der Waals surface area contributed by atoms with E-state index in [-0.39, 0.29) is 22.2 Å². The van der Waals surface area contributed by atoms with Gasteiger partial charge in [0.25, 0.3) is 5.09 Å². The lowest BCUT2D eigenvalue weighted by molar-refractivity contribution is -0.757. The lowest BCUT2D eigenvalue weighted by Gasteiger charge is -2.28. The Morgan fingerprint density at radius 1 is 1.36 bits per heavy atom. The Morgan fingerprint density at radius 2 is 2.04 bits per heavy atom. The van der Waals surface area contributed by atoms with Gasteiger partial charge in [0.1, 0.15) is 9.79 Å². The number of benzene rings is 1. The van der Waals surface area contributed by atoms with Crippen molar-refractivity contribution in [1.82, 2.24) is 4.72 Å². The standard InChI is InChI=1S/C11H15ClN4O7S2/c12-7-5-8-10(6-9(7)24(13,19)20)25(21,22)15-11(14-8)3-1-2-4-23-16(17)18/h5-6,11,14-15H,1-4H2,(H2,13,19,20)/t11-/m1/s1. The number of primary sulfonamides is 1. The van der Waals surface area contributed by atoms with Crippen LogP contribution >= 0.6 is 11.6 Å². The van der Waals surface area contributed by atoms with Gasteiger partial charge in [-0.05, 0) is 31.4 Å². The first-order chi connectivity index (χ1) is 11.5. The third-order valence-electron chi connectivity index (χ3n) is 3.34. The van der Waals surface area contributed by atoms with Crippen LogP contribution in [0, 0.1) is 10.1 Å². The summed E-state index contributed by atoms with van der Waals surface area (Å²) < 4.78 is 49.9. The number of hydrogen-bond donors (Lipinski definition) is 3. The maximum absolute atomic E-state index is 12.3. The third-order valence-corrected chi connectivity index (χ3v) is 6.23. The molecule has 0 unspecified atom stereocenters. The molecule has 0 aromatic heterocycles. The minimum Gasteiger partial charge on any atom is -0.368 e. The summed E-state index contributed by atoms with van der Waals surface area (Å²) in [6.07, 6.45) is 0.462. The number of rotatable bonds is 7. The highest BCUT2D eigenvalue weighted by molar-refractivity contribution is 7.90. The molecule has 25 heavy (non-hydrogen) atoms. The molecule has 11 nitrogen and oxygen atoms in total. The van der Waals surface area contributed by atoms with E-state index in [1.54, 1.807) is 0 Å². The fourth-order valence-corrected chi connectivity index (χ4v) is 4.81. The summed E-state index contributed by atoms with van der Waals surface area (Å²) in [5.74, 6) is 0. The van der Waals surface area contributed by atoms with Crippen LogP contribution in [0.4, 0.5) is 5.69 Å². The smallest absolute Gasteiger partial charge is 0.294 e. The van der Waals surface area contributed by atoms with Crippen molar-refractivity contribution in [3.05, 3.63) is 27.3 Å². The lowest BCUT2D eigenvalue weighted by atomic mass is 10.2. The quantitative estimate of drug-likeness (QED) is 0.326. The molecule has 0 fully saturated rings. The van der Waals surface area contributed by atoms with E-state index in [2.05, 4.69) is 14.9 Å². The SMILES string of the molecule is NS(=O)(=O)c1cc2c(cc1Cl)N[C@@H](CCCCO[N+](=O)[O-])NS2(=O)=O. The molecular formula is C11H15ClN4O7S2. The fraction of sp³-hybridized carbons (Fsp3) is 0.455. The molecule has 0 radical (unpaired) electrons. The number of halogens is 1. The van der Waals surface area contributed by atoms with E-state index >= 15 is 0 Å². The van der Waals surface area contributed by atoms with Gasteiger partial charge < -0.3 is 10.2 Å². The first-order valence-corrected chi connectivity index (χ1v) is 10.3. The summed E-state index contributed by atoms with van der Waals surface area (Å²) in [6.45, 7) is -0.0907. The van der Waals surface area contributed by atoms with Gasteiger partial charge in [0.15, 0.2) is 0 Å². The number of sulfonamides is 2. The molecule has 140 valence electrons. The zero-order valence-corrected chi connectivity index (χ0v) is 15.0. The minimum absolute atomic E-state index is 0.0907. The fourth-order valence-electron chi connectivity index (χ4n) is 2.28. The topological polar surface area (TPSA) is 171 Å². The molecule has 1 heterocycles. The number of nitrogens with two attached hydrogens (primary N) is 1. The Hall–Kier alpha value is -1.67. The third kappa shape index (κ3) is 4.92. The van der Waals surface area contributed by atoms with E-state index in [1.807, 2.05) is 0 Å². The summed E-state index contributed by atoms with van der Waals surface area (Å²) in [4.78, 5) is 13.4. The van der Waals surface area contributed by atoms with Gasteiger partial charge in [0, 0.05) is 0 Å². The highest BCUT2D eigenvalue weighted by Gasteiger charge is 2.31. The Morgan fingerprint density at radius 3 is 2.64 bits per heavy atom. The molecular weight excluding hydrogens is 400 g/mol. The molecule has 0 bridgehead atoms. The van der Waals surface area contributed by atoms with Crippen molar-refractivity contribution in [2.45, 2.75) is 35.2 Å². The van der Waals surface area contributed by atoms with Gasteiger partial charge in [-0.1, -0.05) is 11.6 Å². The van der Waals surface area contributed by atoms with Gasteiger partial charge in [0.05, 0.1) is 23.5 Å². The number of anilines is 1. The zero-order valence-electron chi connectivity index (χ0n) is 12.6. The molecule has 1 aliphatic rings. The molecule has 1 aromatic rings. The second-order valence-corrected chi connectivity index (χ2v) is 8.81. The average Bonchev–Trinajstić information content (AvgIpc) is 2.43. The molecule has 0 saturated heterocycles. The van der Waals surface area contributed by atoms with Gasteiger partial charge >= 0.3 is 0 Å². The van der Waals surface area contributed by atoms with Crippen molar-refractivity contribution in [3.8, 4) is 0 Å². The van der Waals surface area contributed by atoms with Crippen molar-refractivity contribution in [2.24, 2.45) is 5.14 Å². The van der Waals surface area contributed by atoms with E-state index in [0.717, 1.165) is 6.07 Å². The Labute approximate surface area is 148 Å². The molecule has 1 atom stereocenters.